The van der Waals surface area contributed by atoms with Crippen molar-refractivity contribution in [3.05, 3.63) is 0 Å². The van der Waals surface area contributed by atoms with E-state index in [4.69, 9.17) is 0 Å². The number of rotatable bonds is 4. The average Bonchev–Trinajstić information content (AvgIpc) is 2.75. The van der Waals surface area contributed by atoms with Crippen molar-refractivity contribution in [3.8, 4) is 0 Å². The molecule has 2 aliphatic heterocycles. The van der Waals surface area contributed by atoms with Gasteiger partial charge >= 0.3 is 0 Å². The topological polar surface area (TPSA) is 6.48 Å². The van der Waals surface area contributed by atoms with Crippen molar-refractivity contribution in [2.45, 2.75) is 45.6 Å². The molecule has 4 rings (SSSR count). The Hall–Kier alpha value is -0.0800. The van der Waals surface area contributed by atoms with Crippen molar-refractivity contribution >= 4 is 0 Å². The van der Waals surface area contributed by atoms with Crippen molar-refractivity contribution in [1.82, 2.24) is 9.80 Å². The van der Waals surface area contributed by atoms with E-state index in [1.807, 2.05) is 0 Å². The summed E-state index contributed by atoms with van der Waals surface area (Å²) in [5, 5.41) is 0. The Morgan fingerprint density at radius 2 is 1.53 bits per heavy atom. The first-order valence-corrected chi connectivity index (χ1v) is 8.56. The van der Waals surface area contributed by atoms with Gasteiger partial charge < -0.3 is 4.90 Å². The quantitative estimate of drug-likeness (QED) is 0.768. The van der Waals surface area contributed by atoms with Gasteiger partial charge in [0.2, 0.25) is 0 Å². The smallest absolute Gasteiger partial charge is 0.0156 e. The predicted molar refractivity (Wildman–Crippen MR) is 79.1 cm³/mol. The normalized spacial score (nSPS) is 45.9. The predicted octanol–water partition coefficient (Wildman–Crippen LogP) is 2.69. The van der Waals surface area contributed by atoms with E-state index in [1.165, 1.54) is 52.0 Å². The molecular formula is C17H30N2. The molecule has 0 radical (unpaired) electrons. The fraction of sp³-hybridized carbons (Fsp3) is 1.00. The lowest BCUT2D eigenvalue weighted by Crippen LogP contribution is -2.43. The SMILES string of the molecule is CCN1CC2C(C1)C2CC(C)(C)N1CC2CCC2C1. The van der Waals surface area contributed by atoms with Gasteiger partial charge in [0.15, 0.2) is 0 Å². The summed E-state index contributed by atoms with van der Waals surface area (Å²) >= 11 is 0. The number of hydrogen-bond acceptors (Lipinski definition) is 2. The van der Waals surface area contributed by atoms with Crippen LogP contribution in [0.4, 0.5) is 0 Å². The maximum Gasteiger partial charge on any atom is 0.0156 e. The first-order chi connectivity index (χ1) is 9.08. The lowest BCUT2D eigenvalue weighted by atomic mass is 9.77. The Morgan fingerprint density at radius 3 is 2.00 bits per heavy atom. The maximum atomic E-state index is 2.83. The molecule has 4 aliphatic rings. The molecule has 2 aliphatic carbocycles. The van der Waals surface area contributed by atoms with Crippen LogP contribution in [0.2, 0.25) is 0 Å². The number of nitrogens with zero attached hydrogens (tertiary/aromatic N) is 2. The van der Waals surface area contributed by atoms with Crippen LogP contribution in [0.1, 0.15) is 40.0 Å². The van der Waals surface area contributed by atoms with Crippen LogP contribution in [0.25, 0.3) is 0 Å². The molecule has 2 heterocycles. The van der Waals surface area contributed by atoms with Crippen LogP contribution in [-0.4, -0.2) is 48.1 Å². The second-order valence-corrected chi connectivity index (χ2v) is 8.36. The standard InChI is InChI=1S/C17H30N2/c1-4-18-10-15-14(16(15)11-18)7-17(2,3)19-8-12-5-6-13(12)9-19/h12-16H,4-11H2,1-3H3. The Kier molecular flexibility index (Phi) is 2.80. The van der Waals surface area contributed by atoms with Crippen molar-refractivity contribution in [3.63, 3.8) is 0 Å². The van der Waals surface area contributed by atoms with Gasteiger partial charge in [0.25, 0.3) is 0 Å². The van der Waals surface area contributed by atoms with Gasteiger partial charge in [-0.05, 0) is 69.2 Å². The molecule has 0 aromatic heterocycles. The highest BCUT2D eigenvalue weighted by Gasteiger charge is 2.57. The Morgan fingerprint density at radius 1 is 0.947 bits per heavy atom. The minimum absolute atomic E-state index is 0.462. The molecule has 0 amide bonds. The monoisotopic (exact) mass is 262 g/mol. The van der Waals surface area contributed by atoms with Crippen molar-refractivity contribution in [1.29, 1.82) is 0 Å². The van der Waals surface area contributed by atoms with Crippen LogP contribution < -0.4 is 0 Å². The first-order valence-electron chi connectivity index (χ1n) is 8.56. The van der Waals surface area contributed by atoms with Crippen LogP contribution in [0.15, 0.2) is 0 Å². The van der Waals surface area contributed by atoms with Gasteiger partial charge in [0.1, 0.15) is 0 Å². The molecule has 108 valence electrons. The summed E-state index contributed by atoms with van der Waals surface area (Å²) in [6, 6.07) is 0. The zero-order valence-corrected chi connectivity index (χ0v) is 12.9. The Balaban J connectivity index is 1.33. The molecule has 0 bridgehead atoms. The van der Waals surface area contributed by atoms with Crippen molar-refractivity contribution in [2.75, 3.05) is 32.7 Å². The lowest BCUT2D eigenvalue weighted by Gasteiger charge is -2.36. The van der Waals surface area contributed by atoms with Gasteiger partial charge in [-0.25, -0.2) is 0 Å². The second kappa shape index (κ2) is 4.21. The van der Waals surface area contributed by atoms with Gasteiger partial charge in [0, 0.05) is 31.7 Å². The molecule has 0 aromatic rings. The average molecular weight is 262 g/mol. The van der Waals surface area contributed by atoms with Gasteiger partial charge in [-0.2, -0.15) is 0 Å². The third-order valence-corrected chi connectivity index (χ3v) is 6.97. The number of fused-ring (bicyclic) bond motifs is 2. The van der Waals surface area contributed by atoms with Crippen LogP contribution >= 0.6 is 0 Å². The lowest BCUT2D eigenvalue weighted by molar-refractivity contribution is 0.123. The van der Waals surface area contributed by atoms with Gasteiger partial charge in [0.05, 0.1) is 0 Å². The van der Waals surface area contributed by atoms with Crippen LogP contribution in [0.5, 0.6) is 0 Å². The molecular weight excluding hydrogens is 232 g/mol. The summed E-state index contributed by atoms with van der Waals surface area (Å²) in [6.07, 6.45) is 4.48. The largest absolute Gasteiger partial charge is 0.303 e. The second-order valence-electron chi connectivity index (χ2n) is 8.36. The minimum atomic E-state index is 0.462. The summed E-state index contributed by atoms with van der Waals surface area (Å²) in [5.74, 6) is 5.29. The fourth-order valence-corrected chi connectivity index (χ4v) is 5.26. The summed E-state index contributed by atoms with van der Waals surface area (Å²) in [5.41, 5.74) is 0.462. The van der Waals surface area contributed by atoms with Crippen LogP contribution in [0.3, 0.4) is 0 Å². The van der Waals surface area contributed by atoms with Crippen LogP contribution in [-0.2, 0) is 0 Å². The van der Waals surface area contributed by atoms with Crippen LogP contribution in [0, 0.1) is 29.6 Å². The summed E-state index contributed by atoms with van der Waals surface area (Å²) in [4.78, 5) is 5.48. The molecule has 0 spiro atoms. The first kappa shape index (κ1) is 12.6. The fourth-order valence-electron chi connectivity index (χ4n) is 5.26. The summed E-state index contributed by atoms with van der Waals surface area (Å²) in [6.45, 7) is 14.2. The molecule has 0 aromatic carbocycles. The van der Waals surface area contributed by atoms with E-state index >= 15 is 0 Å². The van der Waals surface area contributed by atoms with E-state index in [-0.39, 0.29) is 0 Å². The third kappa shape index (κ3) is 1.98. The third-order valence-electron chi connectivity index (χ3n) is 6.97. The van der Waals surface area contributed by atoms with E-state index in [9.17, 15) is 0 Å². The zero-order valence-electron chi connectivity index (χ0n) is 12.9. The number of piperidine rings is 1. The van der Waals surface area contributed by atoms with Gasteiger partial charge in [-0.15, -0.1) is 0 Å². The van der Waals surface area contributed by atoms with E-state index in [0.29, 0.717) is 5.54 Å². The maximum absolute atomic E-state index is 2.83. The van der Waals surface area contributed by atoms with E-state index in [2.05, 4.69) is 30.6 Å². The van der Waals surface area contributed by atoms with E-state index in [0.717, 1.165) is 29.6 Å². The Labute approximate surface area is 118 Å². The molecule has 19 heavy (non-hydrogen) atoms. The molecule has 4 fully saturated rings. The molecule has 2 nitrogen and oxygen atoms in total. The minimum Gasteiger partial charge on any atom is -0.303 e. The molecule has 2 saturated carbocycles. The summed E-state index contributed by atoms with van der Waals surface area (Å²) in [7, 11) is 0. The highest BCUT2D eigenvalue weighted by Crippen LogP contribution is 2.56. The van der Waals surface area contributed by atoms with Crippen molar-refractivity contribution in [2.24, 2.45) is 29.6 Å². The Bertz CT molecular complexity index is 340. The highest BCUT2D eigenvalue weighted by atomic mass is 15.2. The van der Waals surface area contributed by atoms with E-state index in [1.54, 1.807) is 0 Å². The molecule has 2 saturated heterocycles. The van der Waals surface area contributed by atoms with E-state index < -0.39 is 0 Å². The summed E-state index contributed by atoms with van der Waals surface area (Å²) < 4.78 is 0. The number of likely N-dealkylation sites (tertiary alicyclic amines) is 2. The molecule has 0 N–H and O–H groups in total. The van der Waals surface area contributed by atoms with Crippen molar-refractivity contribution < 1.29 is 0 Å². The van der Waals surface area contributed by atoms with Gasteiger partial charge in [-0.1, -0.05) is 6.92 Å². The number of hydrogen-bond donors (Lipinski definition) is 0. The molecule has 4 unspecified atom stereocenters. The molecule has 4 atom stereocenters. The highest BCUT2D eigenvalue weighted by molar-refractivity contribution is 5.08. The zero-order chi connectivity index (χ0) is 13.2. The van der Waals surface area contributed by atoms with Gasteiger partial charge in [-0.3, -0.25) is 4.90 Å². The molecule has 2 heteroatoms.